The van der Waals surface area contributed by atoms with Crippen LogP contribution in [0.5, 0.6) is 0 Å². The lowest BCUT2D eigenvalue weighted by atomic mass is 10.6. The SMILES string of the molecule is Fc1cnc2ncnn2c1. The third-order valence-corrected chi connectivity index (χ3v) is 1.10. The monoisotopic (exact) mass is 138 g/mol. The number of halogens is 1. The van der Waals surface area contributed by atoms with Crippen LogP contribution in [-0.2, 0) is 0 Å². The Morgan fingerprint density at radius 1 is 1.40 bits per heavy atom. The first-order valence-corrected chi connectivity index (χ1v) is 2.67. The van der Waals surface area contributed by atoms with Gasteiger partial charge in [0.05, 0.1) is 12.4 Å². The van der Waals surface area contributed by atoms with Gasteiger partial charge in [-0.25, -0.2) is 13.9 Å². The standard InChI is InChI=1S/C5H3FN4/c6-4-1-7-5-8-3-9-10(5)2-4/h1-3H. The highest BCUT2D eigenvalue weighted by atomic mass is 19.1. The number of aromatic nitrogens is 4. The Kier molecular flexibility index (Phi) is 0.913. The summed E-state index contributed by atoms with van der Waals surface area (Å²) < 4.78 is 13.6. The van der Waals surface area contributed by atoms with Gasteiger partial charge >= 0.3 is 0 Å². The Labute approximate surface area is 55.3 Å². The zero-order valence-electron chi connectivity index (χ0n) is 4.90. The lowest BCUT2D eigenvalue weighted by Gasteiger charge is -1.87. The molecule has 4 nitrogen and oxygen atoms in total. The molecule has 0 bridgehead atoms. The minimum atomic E-state index is -0.419. The normalized spacial score (nSPS) is 10.5. The molecule has 0 spiro atoms. The number of nitrogens with zero attached hydrogens (tertiary/aromatic N) is 4. The molecular formula is C5H3FN4. The van der Waals surface area contributed by atoms with E-state index in [1.807, 2.05) is 0 Å². The lowest BCUT2D eigenvalue weighted by Crippen LogP contribution is -1.91. The molecule has 0 amide bonds. The molecule has 5 heteroatoms. The van der Waals surface area contributed by atoms with Crippen LogP contribution in [0.1, 0.15) is 0 Å². The van der Waals surface area contributed by atoms with E-state index in [1.54, 1.807) is 0 Å². The third kappa shape index (κ3) is 0.637. The van der Waals surface area contributed by atoms with Gasteiger partial charge < -0.3 is 0 Å². The van der Waals surface area contributed by atoms with Gasteiger partial charge in [-0.15, -0.1) is 0 Å². The molecule has 0 radical (unpaired) electrons. The van der Waals surface area contributed by atoms with Gasteiger partial charge in [0.15, 0.2) is 5.82 Å². The van der Waals surface area contributed by atoms with Crippen molar-refractivity contribution in [2.45, 2.75) is 0 Å². The fraction of sp³-hybridized carbons (Fsp3) is 0. The molecule has 2 rings (SSSR count). The summed E-state index contributed by atoms with van der Waals surface area (Å²) in [5.41, 5.74) is 0. The highest BCUT2D eigenvalue weighted by Gasteiger charge is 1.95. The Morgan fingerprint density at radius 2 is 2.30 bits per heavy atom. The first kappa shape index (κ1) is 5.28. The van der Waals surface area contributed by atoms with Crippen LogP contribution in [0.3, 0.4) is 0 Å². The number of hydrogen-bond acceptors (Lipinski definition) is 3. The van der Waals surface area contributed by atoms with Crippen molar-refractivity contribution in [3.63, 3.8) is 0 Å². The van der Waals surface area contributed by atoms with E-state index in [2.05, 4.69) is 15.1 Å². The average Bonchev–Trinajstić information content (AvgIpc) is 2.33. The van der Waals surface area contributed by atoms with E-state index in [9.17, 15) is 4.39 Å². The van der Waals surface area contributed by atoms with Crippen molar-refractivity contribution in [2.75, 3.05) is 0 Å². The van der Waals surface area contributed by atoms with E-state index in [0.29, 0.717) is 5.78 Å². The molecule has 2 aromatic heterocycles. The van der Waals surface area contributed by atoms with Crippen LogP contribution in [0, 0.1) is 5.82 Å². The van der Waals surface area contributed by atoms with E-state index in [-0.39, 0.29) is 0 Å². The van der Waals surface area contributed by atoms with Gasteiger partial charge in [0.25, 0.3) is 5.78 Å². The van der Waals surface area contributed by atoms with Crippen molar-refractivity contribution in [2.24, 2.45) is 0 Å². The Bertz CT molecular complexity index is 355. The van der Waals surface area contributed by atoms with Crippen LogP contribution in [0.25, 0.3) is 5.78 Å². The van der Waals surface area contributed by atoms with Gasteiger partial charge in [-0.1, -0.05) is 0 Å². The van der Waals surface area contributed by atoms with Crippen molar-refractivity contribution in [3.05, 3.63) is 24.5 Å². The molecule has 0 unspecified atom stereocenters. The lowest BCUT2D eigenvalue weighted by molar-refractivity contribution is 0.606. The van der Waals surface area contributed by atoms with Gasteiger partial charge in [-0.3, -0.25) is 0 Å². The number of hydrogen-bond donors (Lipinski definition) is 0. The van der Waals surface area contributed by atoms with Crippen molar-refractivity contribution in [1.29, 1.82) is 0 Å². The molecule has 0 atom stereocenters. The third-order valence-electron chi connectivity index (χ3n) is 1.10. The molecule has 0 N–H and O–H groups in total. The maximum Gasteiger partial charge on any atom is 0.252 e. The number of rotatable bonds is 0. The molecule has 0 aliphatic heterocycles. The van der Waals surface area contributed by atoms with Crippen LogP contribution >= 0.6 is 0 Å². The average molecular weight is 138 g/mol. The van der Waals surface area contributed by atoms with Crippen molar-refractivity contribution in [3.8, 4) is 0 Å². The summed E-state index contributed by atoms with van der Waals surface area (Å²) in [6.45, 7) is 0. The largest absolute Gasteiger partial charge is 0.252 e. The van der Waals surface area contributed by atoms with Gasteiger partial charge in [0.1, 0.15) is 6.33 Å². The fourth-order valence-corrected chi connectivity index (χ4v) is 0.697. The Balaban J connectivity index is 2.86. The molecule has 0 aliphatic carbocycles. The summed E-state index contributed by atoms with van der Waals surface area (Å²) >= 11 is 0. The molecule has 0 aromatic carbocycles. The predicted molar refractivity (Wildman–Crippen MR) is 30.7 cm³/mol. The molecule has 0 fully saturated rings. The molecule has 0 aliphatic rings. The first-order valence-electron chi connectivity index (χ1n) is 2.67. The van der Waals surface area contributed by atoms with Gasteiger partial charge in [-0.2, -0.15) is 10.1 Å². The summed E-state index contributed by atoms with van der Waals surface area (Å²) in [6, 6.07) is 0. The molecule has 0 saturated carbocycles. The van der Waals surface area contributed by atoms with Crippen molar-refractivity contribution >= 4 is 5.78 Å². The van der Waals surface area contributed by atoms with Crippen molar-refractivity contribution < 1.29 is 4.39 Å². The maximum atomic E-state index is 12.4. The molecule has 2 heterocycles. The van der Waals surface area contributed by atoms with Gasteiger partial charge in [0, 0.05) is 0 Å². The highest BCUT2D eigenvalue weighted by molar-refractivity contribution is 5.22. The van der Waals surface area contributed by atoms with E-state index in [1.165, 1.54) is 17.0 Å². The molecule has 2 aromatic rings. The minimum Gasteiger partial charge on any atom is -0.217 e. The molecule has 0 saturated heterocycles. The summed E-state index contributed by atoms with van der Waals surface area (Å²) in [4.78, 5) is 7.39. The molecular weight excluding hydrogens is 135 g/mol. The zero-order valence-corrected chi connectivity index (χ0v) is 4.90. The second-order valence-corrected chi connectivity index (χ2v) is 1.78. The van der Waals surface area contributed by atoms with Crippen LogP contribution < -0.4 is 0 Å². The van der Waals surface area contributed by atoms with Gasteiger partial charge in [-0.05, 0) is 0 Å². The van der Waals surface area contributed by atoms with E-state index in [4.69, 9.17) is 0 Å². The Hall–Kier alpha value is -1.52. The summed E-state index contributed by atoms with van der Waals surface area (Å²) in [5.74, 6) is -0.0144. The van der Waals surface area contributed by atoms with Crippen LogP contribution in [0.2, 0.25) is 0 Å². The maximum absolute atomic E-state index is 12.4. The van der Waals surface area contributed by atoms with Crippen LogP contribution in [-0.4, -0.2) is 19.6 Å². The molecule has 50 valence electrons. The van der Waals surface area contributed by atoms with Crippen LogP contribution in [0.15, 0.2) is 18.7 Å². The van der Waals surface area contributed by atoms with Crippen LogP contribution in [0.4, 0.5) is 4.39 Å². The summed E-state index contributed by atoms with van der Waals surface area (Å²) in [7, 11) is 0. The second kappa shape index (κ2) is 1.73. The number of fused-ring (bicyclic) bond motifs is 1. The van der Waals surface area contributed by atoms with E-state index >= 15 is 0 Å². The predicted octanol–water partition coefficient (Wildman–Crippen LogP) is 0.263. The summed E-state index contributed by atoms with van der Waals surface area (Å²) in [5, 5.41) is 3.68. The Morgan fingerprint density at radius 3 is 3.20 bits per heavy atom. The smallest absolute Gasteiger partial charge is 0.217 e. The van der Waals surface area contributed by atoms with E-state index < -0.39 is 5.82 Å². The minimum absolute atomic E-state index is 0.404. The van der Waals surface area contributed by atoms with Gasteiger partial charge in [0.2, 0.25) is 0 Å². The second-order valence-electron chi connectivity index (χ2n) is 1.78. The highest BCUT2D eigenvalue weighted by Crippen LogP contribution is 1.94. The topological polar surface area (TPSA) is 43.1 Å². The quantitative estimate of drug-likeness (QED) is 0.524. The fourth-order valence-electron chi connectivity index (χ4n) is 0.697. The zero-order chi connectivity index (χ0) is 6.97. The first-order chi connectivity index (χ1) is 4.86. The summed E-state index contributed by atoms with van der Waals surface area (Å²) in [6.07, 6.45) is 3.64. The van der Waals surface area contributed by atoms with E-state index in [0.717, 1.165) is 6.20 Å². The van der Waals surface area contributed by atoms with Crippen molar-refractivity contribution in [1.82, 2.24) is 19.6 Å². The molecule has 10 heavy (non-hydrogen) atoms.